The van der Waals surface area contributed by atoms with Gasteiger partial charge >= 0.3 is 6.09 Å². The fraction of sp³-hybridized carbons (Fsp3) is 0.654. The Morgan fingerprint density at radius 1 is 1.15 bits per heavy atom. The predicted octanol–water partition coefficient (Wildman–Crippen LogP) is 5.52. The van der Waals surface area contributed by atoms with Gasteiger partial charge in [0.2, 0.25) is 5.91 Å². The first-order valence-electron chi connectivity index (χ1n) is 12.7. The minimum absolute atomic E-state index is 0.00992. The molecular formula is C26H41N5O3. The van der Waals surface area contributed by atoms with Crippen molar-refractivity contribution in [1.82, 2.24) is 20.2 Å². The molecule has 8 heteroatoms. The van der Waals surface area contributed by atoms with Gasteiger partial charge in [-0.1, -0.05) is 25.7 Å². The molecule has 0 unspecified atom stereocenters. The minimum atomic E-state index is -0.461. The number of hydrogen-bond donors (Lipinski definition) is 3. The van der Waals surface area contributed by atoms with Gasteiger partial charge in [0.25, 0.3) is 0 Å². The lowest BCUT2D eigenvalue weighted by Gasteiger charge is -2.19. The fourth-order valence-corrected chi connectivity index (χ4v) is 4.43. The second kappa shape index (κ2) is 12.2. The van der Waals surface area contributed by atoms with Crippen LogP contribution < -0.4 is 10.6 Å². The number of ether oxygens (including phenoxy) is 1. The Morgan fingerprint density at radius 2 is 1.88 bits per heavy atom. The quantitative estimate of drug-likeness (QED) is 0.375. The Morgan fingerprint density at radius 3 is 2.59 bits per heavy atom. The average Bonchev–Trinajstić information content (AvgIpc) is 3.36. The van der Waals surface area contributed by atoms with Crippen molar-refractivity contribution in [2.24, 2.45) is 0 Å². The molecular weight excluding hydrogens is 430 g/mol. The molecule has 8 nitrogen and oxygen atoms in total. The molecule has 1 aliphatic heterocycles. The van der Waals surface area contributed by atoms with Gasteiger partial charge in [-0.3, -0.25) is 9.69 Å². The van der Waals surface area contributed by atoms with Crippen LogP contribution in [-0.4, -0.2) is 52.6 Å². The van der Waals surface area contributed by atoms with Crippen LogP contribution in [0.2, 0.25) is 0 Å². The van der Waals surface area contributed by atoms with E-state index in [1.807, 2.05) is 33.0 Å². The van der Waals surface area contributed by atoms with E-state index in [1.165, 1.54) is 18.5 Å². The number of fused-ring (bicyclic) bond motifs is 1. The van der Waals surface area contributed by atoms with Crippen LogP contribution >= 0.6 is 0 Å². The van der Waals surface area contributed by atoms with Crippen LogP contribution in [0, 0.1) is 0 Å². The van der Waals surface area contributed by atoms with E-state index in [9.17, 15) is 9.59 Å². The van der Waals surface area contributed by atoms with Gasteiger partial charge in [-0.05, 0) is 66.1 Å². The summed E-state index contributed by atoms with van der Waals surface area (Å²) < 4.78 is 5.21. The SMILES string of the molecule is CN1CCC[C@@H]1c1cc2cnc(NC(=O)CCCCCCCCNC(=O)OC(C)(C)C)cc2[nH]1. The Bertz CT molecular complexity index is 950. The van der Waals surface area contributed by atoms with Gasteiger partial charge in [-0.15, -0.1) is 0 Å². The first-order valence-corrected chi connectivity index (χ1v) is 12.7. The molecule has 1 saturated heterocycles. The van der Waals surface area contributed by atoms with Crippen LogP contribution in [0.5, 0.6) is 0 Å². The van der Waals surface area contributed by atoms with Gasteiger partial charge < -0.3 is 20.4 Å². The largest absolute Gasteiger partial charge is 0.444 e. The summed E-state index contributed by atoms with van der Waals surface area (Å²) in [5.41, 5.74) is 1.78. The third-order valence-corrected chi connectivity index (χ3v) is 6.17. The summed E-state index contributed by atoms with van der Waals surface area (Å²) in [5, 5.41) is 6.80. The van der Waals surface area contributed by atoms with Gasteiger partial charge in [0.15, 0.2) is 0 Å². The van der Waals surface area contributed by atoms with Crippen LogP contribution in [0.1, 0.15) is 90.3 Å². The molecule has 1 fully saturated rings. The maximum absolute atomic E-state index is 12.3. The lowest BCUT2D eigenvalue weighted by molar-refractivity contribution is -0.116. The number of H-pyrrole nitrogens is 1. The van der Waals surface area contributed by atoms with Crippen molar-refractivity contribution in [2.45, 2.75) is 90.2 Å². The zero-order valence-corrected chi connectivity index (χ0v) is 21.2. The van der Waals surface area contributed by atoms with Crippen molar-refractivity contribution < 1.29 is 14.3 Å². The summed E-state index contributed by atoms with van der Waals surface area (Å²) in [4.78, 5) is 34.2. The van der Waals surface area contributed by atoms with E-state index in [2.05, 4.69) is 38.6 Å². The number of pyridine rings is 1. The summed E-state index contributed by atoms with van der Waals surface area (Å²) in [5.74, 6) is 0.610. The molecule has 0 aliphatic carbocycles. The molecule has 1 aliphatic rings. The fourth-order valence-electron chi connectivity index (χ4n) is 4.43. The topological polar surface area (TPSA) is 99.4 Å². The molecule has 0 bridgehead atoms. The number of alkyl carbamates (subject to hydrolysis) is 1. The molecule has 0 aromatic carbocycles. The first-order chi connectivity index (χ1) is 16.2. The Labute approximate surface area is 203 Å². The second-order valence-corrected chi connectivity index (χ2v) is 10.4. The van der Waals surface area contributed by atoms with E-state index < -0.39 is 5.60 Å². The number of likely N-dealkylation sites (tertiary alicyclic amines) is 1. The highest BCUT2D eigenvalue weighted by Gasteiger charge is 2.24. The van der Waals surface area contributed by atoms with E-state index in [-0.39, 0.29) is 12.0 Å². The predicted molar refractivity (Wildman–Crippen MR) is 136 cm³/mol. The minimum Gasteiger partial charge on any atom is -0.444 e. The van der Waals surface area contributed by atoms with Crippen molar-refractivity contribution in [3.63, 3.8) is 0 Å². The van der Waals surface area contributed by atoms with Crippen LogP contribution in [-0.2, 0) is 9.53 Å². The lowest BCUT2D eigenvalue weighted by Crippen LogP contribution is -2.32. The first kappa shape index (κ1) is 26.0. The van der Waals surface area contributed by atoms with E-state index in [1.54, 1.807) is 0 Å². The number of rotatable bonds is 11. The Kier molecular flexibility index (Phi) is 9.33. The van der Waals surface area contributed by atoms with Gasteiger partial charge in [-0.25, -0.2) is 9.78 Å². The number of carbonyl (C=O) groups excluding carboxylic acids is 2. The smallest absolute Gasteiger partial charge is 0.407 e. The number of hydrogen-bond acceptors (Lipinski definition) is 5. The molecule has 3 rings (SSSR count). The molecule has 0 spiro atoms. The molecule has 0 radical (unpaired) electrons. The lowest BCUT2D eigenvalue weighted by atomic mass is 10.1. The van der Waals surface area contributed by atoms with Crippen molar-refractivity contribution in [2.75, 3.05) is 25.5 Å². The Hall–Kier alpha value is -2.61. The zero-order valence-electron chi connectivity index (χ0n) is 21.2. The summed E-state index contributed by atoms with van der Waals surface area (Å²) in [6.45, 7) is 7.33. The number of nitrogens with zero attached hydrogens (tertiary/aromatic N) is 2. The van der Waals surface area contributed by atoms with Gasteiger partial charge in [0, 0.05) is 42.4 Å². The molecule has 3 N–H and O–H groups in total. The second-order valence-electron chi connectivity index (χ2n) is 10.4. The molecule has 0 saturated carbocycles. The maximum Gasteiger partial charge on any atom is 0.407 e. The molecule has 188 valence electrons. The van der Waals surface area contributed by atoms with E-state index in [4.69, 9.17) is 4.74 Å². The van der Waals surface area contributed by atoms with Gasteiger partial charge in [-0.2, -0.15) is 0 Å². The maximum atomic E-state index is 12.3. The molecule has 1 atom stereocenters. The molecule has 2 aromatic rings. The number of anilines is 1. The van der Waals surface area contributed by atoms with Gasteiger partial charge in [0.05, 0.1) is 5.52 Å². The Balaban J connectivity index is 1.28. The number of aromatic nitrogens is 2. The molecule has 34 heavy (non-hydrogen) atoms. The van der Waals surface area contributed by atoms with Crippen LogP contribution in [0.3, 0.4) is 0 Å². The third-order valence-electron chi connectivity index (χ3n) is 6.17. The van der Waals surface area contributed by atoms with Crippen LogP contribution in [0.4, 0.5) is 10.6 Å². The van der Waals surface area contributed by atoms with Crippen molar-refractivity contribution in [1.29, 1.82) is 0 Å². The summed E-state index contributed by atoms with van der Waals surface area (Å²) in [6.07, 6.45) is 10.4. The normalized spacial score (nSPS) is 16.6. The molecule has 2 amide bonds. The summed E-state index contributed by atoms with van der Waals surface area (Å²) >= 11 is 0. The van der Waals surface area contributed by atoms with Crippen LogP contribution in [0.15, 0.2) is 18.3 Å². The van der Waals surface area contributed by atoms with Crippen molar-refractivity contribution in [3.05, 3.63) is 24.0 Å². The van der Waals surface area contributed by atoms with E-state index in [0.29, 0.717) is 24.8 Å². The number of carbonyl (C=O) groups is 2. The molecule has 2 aromatic heterocycles. The monoisotopic (exact) mass is 471 g/mol. The highest BCUT2D eigenvalue weighted by molar-refractivity contribution is 5.92. The zero-order chi connectivity index (χ0) is 24.6. The van der Waals surface area contributed by atoms with Crippen molar-refractivity contribution in [3.8, 4) is 0 Å². The van der Waals surface area contributed by atoms with Gasteiger partial charge in [0.1, 0.15) is 11.4 Å². The highest BCUT2D eigenvalue weighted by Crippen LogP contribution is 2.32. The van der Waals surface area contributed by atoms with E-state index >= 15 is 0 Å². The summed E-state index contributed by atoms with van der Waals surface area (Å²) in [6, 6.07) is 4.54. The average molecular weight is 472 g/mol. The number of nitrogens with one attached hydrogen (secondary N) is 3. The number of amides is 2. The standard InChI is InChI=1S/C26H41N5O3/c1-26(2,3)34-25(33)27-14-10-8-6-5-7-9-13-24(32)30-23-17-20-19(18-28-23)16-21(29-20)22-12-11-15-31(22)4/h16-18,22,29H,5-15H2,1-4H3,(H,27,33)(H,28,30,32)/t22-/m1/s1. The summed E-state index contributed by atoms with van der Waals surface area (Å²) in [7, 11) is 2.16. The molecule has 3 heterocycles. The van der Waals surface area contributed by atoms with Crippen molar-refractivity contribution >= 4 is 28.7 Å². The van der Waals surface area contributed by atoms with E-state index in [0.717, 1.165) is 56.0 Å². The van der Waals surface area contributed by atoms with Crippen LogP contribution in [0.25, 0.3) is 10.9 Å². The number of unbranched alkanes of at least 4 members (excludes halogenated alkanes) is 5. The number of aromatic amines is 1. The highest BCUT2D eigenvalue weighted by atomic mass is 16.6. The third kappa shape index (κ3) is 8.31.